The molecule has 0 saturated carbocycles. The molecule has 0 aliphatic rings. The van der Waals surface area contributed by atoms with Crippen molar-refractivity contribution in [1.82, 2.24) is 0 Å². The van der Waals surface area contributed by atoms with Crippen LogP contribution in [-0.2, 0) is 6.42 Å². The number of hydrogen-bond acceptors (Lipinski definition) is 2. The van der Waals surface area contributed by atoms with Crippen LogP contribution < -0.4 is 0 Å². The molecule has 1 N–H and O–H groups in total. The highest BCUT2D eigenvalue weighted by Gasteiger charge is 2.09. The maximum Gasteiger partial charge on any atom is 0.0793 e. The zero-order chi connectivity index (χ0) is 12.3. The Morgan fingerprint density at radius 1 is 1.35 bits per heavy atom. The van der Waals surface area contributed by atoms with Gasteiger partial charge >= 0.3 is 0 Å². The summed E-state index contributed by atoms with van der Waals surface area (Å²) < 4.78 is 0.855. The minimum absolute atomic E-state index is 0.458. The second kappa shape index (κ2) is 6.01. The average Bonchev–Trinajstić information content (AvgIpc) is 2.82. The first kappa shape index (κ1) is 13.1. The van der Waals surface area contributed by atoms with Crippen molar-refractivity contribution in [3.05, 3.63) is 55.6 Å². The zero-order valence-electron chi connectivity index (χ0n) is 9.07. The maximum absolute atomic E-state index is 10.1. The van der Waals surface area contributed by atoms with Gasteiger partial charge in [0.1, 0.15) is 0 Å². The standard InChI is InChI=1S/C13H12BrClOS/c14-11-3-2-10(7-12(11)15)13(16)4-1-9-5-6-17-8-9/h2-3,5-8,13,16H,1,4H2. The van der Waals surface area contributed by atoms with Crippen molar-refractivity contribution in [2.75, 3.05) is 0 Å². The monoisotopic (exact) mass is 330 g/mol. The van der Waals surface area contributed by atoms with Crippen LogP contribution in [0.4, 0.5) is 0 Å². The number of aryl methyl sites for hydroxylation is 1. The lowest BCUT2D eigenvalue weighted by Crippen LogP contribution is -1.99. The second-order valence-electron chi connectivity index (χ2n) is 3.86. The lowest BCUT2D eigenvalue weighted by atomic mass is 10.0. The molecule has 1 atom stereocenters. The molecule has 4 heteroatoms. The van der Waals surface area contributed by atoms with Gasteiger partial charge in [-0.2, -0.15) is 11.3 Å². The summed E-state index contributed by atoms with van der Waals surface area (Å²) >= 11 is 11.0. The SMILES string of the molecule is OC(CCc1ccsc1)c1ccc(Br)c(Cl)c1. The van der Waals surface area contributed by atoms with Gasteiger partial charge in [0, 0.05) is 4.47 Å². The zero-order valence-corrected chi connectivity index (χ0v) is 12.2. The van der Waals surface area contributed by atoms with Crippen LogP contribution in [0.3, 0.4) is 0 Å². The molecule has 2 aromatic rings. The van der Waals surface area contributed by atoms with E-state index in [1.54, 1.807) is 11.3 Å². The molecule has 17 heavy (non-hydrogen) atoms. The highest BCUT2D eigenvalue weighted by atomic mass is 79.9. The number of benzene rings is 1. The van der Waals surface area contributed by atoms with Gasteiger partial charge in [0.15, 0.2) is 0 Å². The fraction of sp³-hybridized carbons (Fsp3) is 0.231. The van der Waals surface area contributed by atoms with E-state index in [-0.39, 0.29) is 0 Å². The van der Waals surface area contributed by atoms with Crippen molar-refractivity contribution in [3.63, 3.8) is 0 Å². The Morgan fingerprint density at radius 2 is 2.18 bits per heavy atom. The van der Waals surface area contributed by atoms with Crippen LogP contribution >= 0.6 is 38.9 Å². The molecule has 1 heterocycles. The largest absolute Gasteiger partial charge is 0.388 e. The van der Waals surface area contributed by atoms with Gasteiger partial charge in [-0.1, -0.05) is 17.7 Å². The topological polar surface area (TPSA) is 20.2 Å². The van der Waals surface area contributed by atoms with E-state index >= 15 is 0 Å². The van der Waals surface area contributed by atoms with Crippen molar-refractivity contribution in [1.29, 1.82) is 0 Å². The molecule has 0 aliphatic carbocycles. The number of halogens is 2. The summed E-state index contributed by atoms with van der Waals surface area (Å²) in [6.45, 7) is 0. The van der Waals surface area contributed by atoms with E-state index in [2.05, 4.69) is 32.8 Å². The Balaban J connectivity index is 1.99. The van der Waals surface area contributed by atoms with Crippen molar-refractivity contribution < 1.29 is 5.11 Å². The average molecular weight is 332 g/mol. The first-order valence-corrected chi connectivity index (χ1v) is 7.42. The molecule has 0 radical (unpaired) electrons. The van der Waals surface area contributed by atoms with Gasteiger partial charge < -0.3 is 5.11 Å². The third kappa shape index (κ3) is 3.55. The van der Waals surface area contributed by atoms with E-state index in [9.17, 15) is 5.11 Å². The van der Waals surface area contributed by atoms with Gasteiger partial charge in [-0.05, 0) is 68.9 Å². The summed E-state index contributed by atoms with van der Waals surface area (Å²) in [5.41, 5.74) is 2.14. The Kier molecular flexibility index (Phi) is 4.62. The summed E-state index contributed by atoms with van der Waals surface area (Å²) in [4.78, 5) is 0. The Hall–Kier alpha value is -0.350. The van der Waals surface area contributed by atoms with Crippen LogP contribution in [0, 0.1) is 0 Å². The van der Waals surface area contributed by atoms with Crippen LogP contribution in [0.1, 0.15) is 23.7 Å². The van der Waals surface area contributed by atoms with Gasteiger partial charge in [0.05, 0.1) is 11.1 Å². The van der Waals surface area contributed by atoms with Crippen LogP contribution in [0.25, 0.3) is 0 Å². The summed E-state index contributed by atoms with van der Waals surface area (Å²) in [6.07, 6.45) is 1.15. The first-order chi connectivity index (χ1) is 8.16. The molecule has 0 spiro atoms. The lowest BCUT2D eigenvalue weighted by molar-refractivity contribution is 0.168. The molecule has 1 aromatic carbocycles. The van der Waals surface area contributed by atoms with E-state index in [1.807, 2.05) is 18.2 Å². The summed E-state index contributed by atoms with van der Waals surface area (Å²) in [6, 6.07) is 7.66. The van der Waals surface area contributed by atoms with Crippen molar-refractivity contribution >= 4 is 38.9 Å². The van der Waals surface area contributed by atoms with E-state index in [0.29, 0.717) is 11.4 Å². The number of aliphatic hydroxyl groups excluding tert-OH is 1. The molecule has 0 amide bonds. The minimum Gasteiger partial charge on any atom is -0.388 e. The van der Waals surface area contributed by atoms with Crippen molar-refractivity contribution in [3.8, 4) is 0 Å². The number of thiophene rings is 1. The molecular formula is C13H12BrClOS. The lowest BCUT2D eigenvalue weighted by Gasteiger charge is -2.11. The summed E-state index contributed by atoms with van der Waals surface area (Å²) in [7, 11) is 0. The third-order valence-corrected chi connectivity index (χ3v) is 4.58. The molecule has 1 nitrogen and oxygen atoms in total. The molecule has 0 fully saturated rings. The van der Waals surface area contributed by atoms with Crippen LogP contribution in [-0.4, -0.2) is 5.11 Å². The second-order valence-corrected chi connectivity index (χ2v) is 5.90. The number of hydrogen-bond donors (Lipinski definition) is 1. The molecule has 2 rings (SSSR count). The van der Waals surface area contributed by atoms with Crippen LogP contribution in [0.5, 0.6) is 0 Å². The first-order valence-electron chi connectivity index (χ1n) is 5.31. The van der Waals surface area contributed by atoms with Gasteiger partial charge in [0.25, 0.3) is 0 Å². The van der Waals surface area contributed by atoms with Gasteiger partial charge in [-0.25, -0.2) is 0 Å². The van der Waals surface area contributed by atoms with Crippen molar-refractivity contribution in [2.45, 2.75) is 18.9 Å². The maximum atomic E-state index is 10.1. The fourth-order valence-electron chi connectivity index (χ4n) is 1.62. The van der Waals surface area contributed by atoms with E-state index < -0.39 is 6.10 Å². The van der Waals surface area contributed by atoms with Gasteiger partial charge in [-0.15, -0.1) is 0 Å². The summed E-state index contributed by atoms with van der Waals surface area (Å²) in [5.74, 6) is 0. The smallest absolute Gasteiger partial charge is 0.0793 e. The number of aliphatic hydroxyl groups is 1. The van der Waals surface area contributed by atoms with E-state index in [1.165, 1.54) is 5.56 Å². The molecule has 90 valence electrons. The molecule has 1 aromatic heterocycles. The Bertz CT molecular complexity index is 484. The van der Waals surface area contributed by atoms with Crippen LogP contribution in [0.2, 0.25) is 5.02 Å². The highest BCUT2D eigenvalue weighted by Crippen LogP contribution is 2.28. The quantitative estimate of drug-likeness (QED) is 0.850. The molecule has 1 unspecified atom stereocenters. The van der Waals surface area contributed by atoms with E-state index in [0.717, 1.165) is 16.5 Å². The Morgan fingerprint density at radius 3 is 2.82 bits per heavy atom. The number of rotatable bonds is 4. The van der Waals surface area contributed by atoms with Gasteiger partial charge in [0.2, 0.25) is 0 Å². The summed E-state index contributed by atoms with van der Waals surface area (Å²) in [5, 5.41) is 14.9. The molecular weight excluding hydrogens is 320 g/mol. The fourth-order valence-corrected chi connectivity index (χ4v) is 2.76. The van der Waals surface area contributed by atoms with E-state index in [4.69, 9.17) is 11.6 Å². The minimum atomic E-state index is -0.458. The Labute approximate surface area is 118 Å². The van der Waals surface area contributed by atoms with Crippen LogP contribution in [0.15, 0.2) is 39.5 Å². The highest BCUT2D eigenvalue weighted by molar-refractivity contribution is 9.10. The predicted octanol–water partition coefficient (Wildman–Crippen LogP) is 4.83. The molecule has 0 bridgehead atoms. The third-order valence-electron chi connectivity index (χ3n) is 2.61. The van der Waals surface area contributed by atoms with Crippen molar-refractivity contribution in [2.24, 2.45) is 0 Å². The van der Waals surface area contributed by atoms with Gasteiger partial charge in [-0.3, -0.25) is 0 Å². The normalized spacial score (nSPS) is 12.6. The molecule has 0 saturated heterocycles. The predicted molar refractivity (Wildman–Crippen MR) is 76.8 cm³/mol. The molecule has 0 aliphatic heterocycles.